The zero-order valence-electron chi connectivity index (χ0n) is 7.60. The minimum atomic E-state index is -1.16. The maximum atomic E-state index is 11.0. The van der Waals surface area contributed by atoms with Crippen LogP contribution in [0.1, 0.15) is 6.42 Å². The Hall–Kier alpha value is -1.62. The van der Waals surface area contributed by atoms with E-state index in [-0.39, 0.29) is 18.6 Å². The van der Waals surface area contributed by atoms with Gasteiger partial charge in [0.15, 0.2) is 0 Å². The van der Waals surface area contributed by atoms with Crippen LogP contribution in [0.2, 0.25) is 0 Å². The van der Waals surface area contributed by atoms with Gasteiger partial charge in [-0.15, -0.1) is 6.58 Å². The highest BCUT2D eigenvalue weighted by Gasteiger charge is 2.14. The van der Waals surface area contributed by atoms with Crippen molar-refractivity contribution in [1.29, 1.82) is 0 Å². The standard InChI is InChI=1S/C9H12O5/c1-3-7(10)6(2)9(13)14-5-4-8(11)12/h3,7,10H,1-2,4-5H2,(H,11,12). The Morgan fingerprint density at radius 2 is 2.07 bits per heavy atom. The summed E-state index contributed by atoms with van der Waals surface area (Å²) in [6.07, 6.45) is -0.309. The second-order valence-electron chi connectivity index (χ2n) is 2.49. The van der Waals surface area contributed by atoms with Crippen LogP contribution in [0.5, 0.6) is 0 Å². The number of ether oxygens (including phenoxy) is 1. The molecule has 5 heteroatoms. The molecule has 0 aromatic heterocycles. The number of aliphatic hydroxyl groups excluding tert-OH is 1. The van der Waals surface area contributed by atoms with Crippen molar-refractivity contribution in [2.75, 3.05) is 6.61 Å². The molecule has 0 amide bonds. The number of carbonyl (C=O) groups excluding carboxylic acids is 1. The van der Waals surface area contributed by atoms with Gasteiger partial charge in [0.25, 0.3) is 0 Å². The molecule has 0 aliphatic carbocycles. The lowest BCUT2D eigenvalue weighted by Gasteiger charge is -2.08. The van der Waals surface area contributed by atoms with Crippen LogP contribution in [0, 0.1) is 0 Å². The molecule has 14 heavy (non-hydrogen) atoms. The Bertz CT molecular complexity index is 256. The van der Waals surface area contributed by atoms with Crippen molar-refractivity contribution < 1.29 is 24.5 Å². The molecule has 5 nitrogen and oxygen atoms in total. The lowest BCUT2D eigenvalue weighted by molar-refractivity contribution is -0.143. The molecule has 0 aliphatic heterocycles. The molecule has 0 saturated heterocycles. The largest absolute Gasteiger partial charge is 0.481 e. The molecular formula is C9H12O5. The average molecular weight is 200 g/mol. The molecule has 1 unspecified atom stereocenters. The fourth-order valence-corrected chi connectivity index (χ4v) is 0.587. The molecule has 0 rings (SSSR count). The molecule has 0 bridgehead atoms. The van der Waals surface area contributed by atoms with Crippen molar-refractivity contribution in [1.82, 2.24) is 0 Å². The number of carboxylic acids is 1. The Kier molecular flexibility index (Phi) is 5.24. The van der Waals surface area contributed by atoms with E-state index in [1.54, 1.807) is 0 Å². The molecule has 0 aromatic rings. The maximum absolute atomic E-state index is 11.0. The number of esters is 1. The highest BCUT2D eigenvalue weighted by Crippen LogP contribution is 2.03. The summed E-state index contributed by atoms with van der Waals surface area (Å²) in [6.45, 7) is 6.30. The summed E-state index contributed by atoms with van der Waals surface area (Å²) in [4.78, 5) is 21.1. The first-order chi connectivity index (χ1) is 6.49. The lowest BCUT2D eigenvalue weighted by Crippen LogP contribution is -2.18. The normalized spacial score (nSPS) is 11.5. The number of aliphatic hydroxyl groups is 1. The van der Waals surface area contributed by atoms with E-state index in [4.69, 9.17) is 10.2 Å². The third-order valence-corrected chi connectivity index (χ3v) is 1.39. The molecule has 0 aromatic carbocycles. The Morgan fingerprint density at radius 1 is 1.50 bits per heavy atom. The SMILES string of the molecule is C=CC(O)C(=C)C(=O)OCCC(=O)O. The van der Waals surface area contributed by atoms with E-state index < -0.39 is 18.0 Å². The van der Waals surface area contributed by atoms with Crippen molar-refractivity contribution in [3.05, 3.63) is 24.8 Å². The lowest BCUT2D eigenvalue weighted by atomic mass is 10.2. The van der Waals surface area contributed by atoms with E-state index in [1.165, 1.54) is 0 Å². The second-order valence-corrected chi connectivity index (χ2v) is 2.49. The third-order valence-electron chi connectivity index (χ3n) is 1.39. The Balaban J connectivity index is 3.90. The maximum Gasteiger partial charge on any atom is 0.336 e. The predicted molar refractivity (Wildman–Crippen MR) is 48.6 cm³/mol. The highest BCUT2D eigenvalue weighted by molar-refractivity contribution is 5.89. The highest BCUT2D eigenvalue weighted by atomic mass is 16.5. The fraction of sp³-hybridized carbons (Fsp3) is 0.333. The second kappa shape index (κ2) is 5.93. The van der Waals surface area contributed by atoms with Gasteiger partial charge in [0, 0.05) is 0 Å². The minimum Gasteiger partial charge on any atom is -0.481 e. The number of rotatable bonds is 6. The van der Waals surface area contributed by atoms with E-state index in [9.17, 15) is 9.59 Å². The zero-order valence-corrected chi connectivity index (χ0v) is 7.60. The first-order valence-electron chi connectivity index (χ1n) is 3.87. The molecule has 0 spiro atoms. The molecule has 0 saturated carbocycles. The number of hydrogen-bond donors (Lipinski definition) is 2. The first kappa shape index (κ1) is 12.4. The third kappa shape index (κ3) is 4.42. The smallest absolute Gasteiger partial charge is 0.336 e. The number of carboxylic acid groups (broad SMARTS) is 1. The molecular weight excluding hydrogens is 188 g/mol. The predicted octanol–water partition coefficient (Wildman–Crippen LogP) is 0.107. The molecule has 0 radical (unpaired) electrons. The van der Waals surface area contributed by atoms with Gasteiger partial charge < -0.3 is 14.9 Å². The summed E-state index contributed by atoms with van der Waals surface area (Å²) >= 11 is 0. The first-order valence-corrected chi connectivity index (χ1v) is 3.87. The van der Waals surface area contributed by atoms with Crippen LogP contribution >= 0.6 is 0 Å². The number of carbonyl (C=O) groups is 2. The molecule has 1 atom stereocenters. The van der Waals surface area contributed by atoms with Crippen molar-refractivity contribution in [2.24, 2.45) is 0 Å². The average Bonchev–Trinajstić information content (AvgIpc) is 2.14. The van der Waals surface area contributed by atoms with Crippen LogP contribution in [-0.2, 0) is 14.3 Å². The quantitative estimate of drug-likeness (QED) is 0.361. The van der Waals surface area contributed by atoms with Crippen LogP contribution in [-0.4, -0.2) is 34.9 Å². The monoisotopic (exact) mass is 200 g/mol. The topological polar surface area (TPSA) is 83.8 Å². The van der Waals surface area contributed by atoms with Gasteiger partial charge in [0.2, 0.25) is 0 Å². The molecule has 2 N–H and O–H groups in total. The number of aliphatic carboxylic acids is 1. The molecule has 0 aliphatic rings. The summed E-state index contributed by atoms with van der Waals surface area (Å²) in [7, 11) is 0. The van der Waals surface area contributed by atoms with Crippen molar-refractivity contribution in [3.8, 4) is 0 Å². The van der Waals surface area contributed by atoms with Gasteiger partial charge in [-0.3, -0.25) is 4.79 Å². The minimum absolute atomic E-state index is 0.162. The van der Waals surface area contributed by atoms with Gasteiger partial charge >= 0.3 is 11.9 Å². The van der Waals surface area contributed by atoms with Crippen molar-refractivity contribution in [3.63, 3.8) is 0 Å². The van der Waals surface area contributed by atoms with Gasteiger partial charge in [-0.25, -0.2) is 4.79 Å². The van der Waals surface area contributed by atoms with Crippen LogP contribution in [0.25, 0.3) is 0 Å². The molecule has 0 heterocycles. The van der Waals surface area contributed by atoms with Gasteiger partial charge in [-0.1, -0.05) is 12.7 Å². The summed E-state index contributed by atoms with van der Waals surface area (Å²) in [5.41, 5.74) is -0.162. The van der Waals surface area contributed by atoms with Crippen LogP contribution < -0.4 is 0 Å². The zero-order chi connectivity index (χ0) is 11.1. The molecule has 0 fully saturated rings. The van der Waals surface area contributed by atoms with E-state index >= 15 is 0 Å². The van der Waals surface area contributed by atoms with Crippen molar-refractivity contribution >= 4 is 11.9 Å². The van der Waals surface area contributed by atoms with Crippen LogP contribution in [0.15, 0.2) is 24.8 Å². The van der Waals surface area contributed by atoms with Gasteiger partial charge in [0.05, 0.1) is 12.0 Å². The summed E-state index contributed by atoms with van der Waals surface area (Å²) in [6, 6.07) is 0. The number of hydrogen-bond acceptors (Lipinski definition) is 4. The Morgan fingerprint density at radius 3 is 2.50 bits per heavy atom. The summed E-state index contributed by atoms with van der Waals surface area (Å²) in [5, 5.41) is 17.3. The Labute approximate surface area is 81.3 Å². The van der Waals surface area contributed by atoms with Crippen molar-refractivity contribution in [2.45, 2.75) is 12.5 Å². The van der Waals surface area contributed by atoms with Gasteiger partial charge in [-0.05, 0) is 0 Å². The van der Waals surface area contributed by atoms with E-state index in [1.807, 2.05) is 0 Å². The van der Waals surface area contributed by atoms with E-state index in [0.717, 1.165) is 6.08 Å². The van der Waals surface area contributed by atoms with Gasteiger partial charge in [0.1, 0.15) is 12.7 Å². The summed E-state index contributed by atoms with van der Waals surface area (Å²) < 4.78 is 4.51. The summed E-state index contributed by atoms with van der Waals surface area (Å²) in [5.74, 6) is -1.88. The van der Waals surface area contributed by atoms with Crippen LogP contribution in [0.3, 0.4) is 0 Å². The molecule has 78 valence electrons. The van der Waals surface area contributed by atoms with Crippen LogP contribution in [0.4, 0.5) is 0 Å². The van der Waals surface area contributed by atoms with E-state index in [0.29, 0.717) is 0 Å². The van der Waals surface area contributed by atoms with E-state index in [2.05, 4.69) is 17.9 Å². The van der Waals surface area contributed by atoms with Gasteiger partial charge in [-0.2, -0.15) is 0 Å². The fourth-order valence-electron chi connectivity index (χ4n) is 0.587.